The maximum absolute atomic E-state index is 12.4. The average Bonchev–Trinajstić information content (AvgIpc) is 2.50. The van der Waals surface area contributed by atoms with Gasteiger partial charge in [0.15, 0.2) is 0 Å². The molecule has 3 N–H and O–H groups in total. The fourth-order valence-electron chi connectivity index (χ4n) is 1.26. The molecule has 7 nitrogen and oxygen atoms in total. The van der Waals surface area contributed by atoms with Gasteiger partial charge in [-0.1, -0.05) is 13.8 Å². The number of hydrogen-bond donors (Lipinski definition) is 3. The van der Waals surface area contributed by atoms with Crippen molar-refractivity contribution in [2.45, 2.75) is 31.6 Å². The van der Waals surface area contributed by atoms with Crippen LogP contribution in [-0.4, -0.2) is 34.1 Å². The summed E-state index contributed by atoms with van der Waals surface area (Å²) in [7, 11) is -3.50. The lowest BCUT2D eigenvalue weighted by atomic mass is 10.3. The monoisotopic (exact) mass is 418 g/mol. The van der Waals surface area contributed by atoms with E-state index in [1.54, 1.807) is 23.9 Å². The molecule has 0 aliphatic heterocycles. The molecule has 0 aliphatic carbocycles. The van der Waals surface area contributed by atoms with E-state index in [1.165, 1.54) is 0 Å². The number of phosphoric ester groups is 1. The Morgan fingerprint density at radius 1 is 1.04 bits per heavy atom. The van der Waals surface area contributed by atoms with Crippen molar-refractivity contribution in [3.63, 3.8) is 0 Å². The Balaban J connectivity index is 0.000000922. The Labute approximate surface area is 152 Å². The summed E-state index contributed by atoms with van der Waals surface area (Å²) < 4.78 is 28.3. The van der Waals surface area contributed by atoms with Gasteiger partial charge < -0.3 is 19.2 Å². The highest BCUT2D eigenvalue weighted by atomic mass is 32.5. The van der Waals surface area contributed by atoms with E-state index in [9.17, 15) is 4.57 Å². The molecular weight excluding hydrogens is 394 g/mol. The average molecular weight is 418 g/mol. The second-order valence-corrected chi connectivity index (χ2v) is 9.36. The lowest BCUT2D eigenvalue weighted by molar-refractivity contribution is 0.155. The first-order valence-electron chi connectivity index (χ1n) is 7.14. The second kappa shape index (κ2) is 12.4. The molecule has 24 heavy (non-hydrogen) atoms. The first-order chi connectivity index (χ1) is 11.1. The van der Waals surface area contributed by atoms with Crippen LogP contribution < -0.4 is 4.52 Å². The lowest BCUT2D eigenvalue weighted by Crippen LogP contribution is -2.04. The molecule has 0 radical (unpaired) electrons. The van der Waals surface area contributed by atoms with Crippen LogP contribution in [0.4, 0.5) is 0 Å². The Morgan fingerprint density at radius 3 is 1.79 bits per heavy atom. The highest BCUT2D eigenvalue weighted by Crippen LogP contribution is 2.49. The molecule has 0 aliphatic rings. The van der Waals surface area contributed by atoms with Gasteiger partial charge in [-0.15, -0.1) is 11.8 Å². The Kier molecular flexibility index (Phi) is 12.4. The first kappa shape index (κ1) is 24.1. The maximum Gasteiger partial charge on any atom is 0.530 e. The number of rotatable bonds is 9. The van der Waals surface area contributed by atoms with Gasteiger partial charge in [0.2, 0.25) is 0 Å². The third-order valence-corrected chi connectivity index (χ3v) is 4.36. The Morgan fingerprint density at radius 2 is 1.46 bits per heavy atom. The standard InChI is InChI=1S/C13H21O4PS.H3O3PS/c1-4-10-15-18(14,16-11-5-2)17-12-6-8-13(19-3)9-7-12;1-4(2,3)5/h6-9H,4-5,10-11H2,1-3H3;(H3,1,2,3,5). The van der Waals surface area contributed by atoms with E-state index in [0.29, 0.717) is 19.0 Å². The van der Waals surface area contributed by atoms with Crippen molar-refractivity contribution in [1.29, 1.82) is 0 Å². The summed E-state index contributed by atoms with van der Waals surface area (Å²) in [4.78, 5) is 23.8. The van der Waals surface area contributed by atoms with Crippen LogP contribution >= 0.6 is 26.3 Å². The van der Waals surface area contributed by atoms with Gasteiger partial charge >= 0.3 is 14.5 Å². The Hall–Kier alpha value is 0.0500. The van der Waals surface area contributed by atoms with Gasteiger partial charge in [-0.05, 0) is 55.2 Å². The predicted octanol–water partition coefficient (Wildman–Crippen LogP) is 3.94. The van der Waals surface area contributed by atoms with Crippen molar-refractivity contribution < 1.29 is 32.8 Å². The topological polar surface area (TPSA) is 105 Å². The minimum atomic E-state index is -3.81. The van der Waals surface area contributed by atoms with Gasteiger partial charge in [0, 0.05) is 4.90 Å². The number of benzene rings is 1. The van der Waals surface area contributed by atoms with Crippen LogP contribution in [-0.2, 0) is 25.4 Å². The summed E-state index contributed by atoms with van der Waals surface area (Å²) in [6.07, 6.45) is 3.51. The SMILES string of the molecule is CCCOP(=O)(OCCC)Oc1ccc(SC)cc1.OP(O)(O)=S. The Bertz CT molecular complexity index is 527. The summed E-state index contributed by atoms with van der Waals surface area (Å²) in [5.74, 6) is 0.494. The molecule has 11 heteroatoms. The van der Waals surface area contributed by atoms with E-state index in [0.717, 1.165) is 17.7 Å². The van der Waals surface area contributed by atoms with E-state index in [-0.39, 0.29) is 0 Å². The van der Waals surface area contributed by atoms with Crippen LogP contribution in [0.25, 0.3) is 0 Å². The summed E-state index contributed by atoms with van der Waals surface area (Å²) >= 11 is 5.24. The van der Waals surface area contributed by atoms with Crippen molar-refractivity contribution >= 4 is 38.1 Å². The van der Waals surface area contributed by atoms with Crippen LogP contribution in [0.1, 0.15) is 26.7 Å². The van der Waals surface area contributed by atoms with Crippen molar-refractivity contribution in [2.75, 3.05) is 19.5 Å². The molecule has 0 heterocycles. The van der Waals surface area contributed by atoms with E-state index < -0.39 is 14.5 Å². The molecule has 0 amide bonds. The summed E-state index contributed by atoms with van der Waals surface area (Å²) in [6.45, 7) is 0.780. The molecule has 0 spiro atoms. The van der Waals surface area contributed by atoms with E-state index >= 15 is 0 Å². The zero-order valence-corrected chi connectivity index (χ0v) is 17.2. The zero-order chi connectivity index (χ0) is 18.6. The molecule has 140 valence electrons. The highest BCUT2D eigenvalue weighted by molar-refractivity contribution is 8.06. The summed E-state index contributed by atoms with van der Waals surface area (Å²) in [5, 5.41) is 0. The molecule has 0 saturated heterocycles. The van der Waals surface area contributed by atoms with Crippen LogP contribution in [0.2, 0.25) is 0 Å². The fourth-order valence-corrected chi connectivity index (χ4v) is 3.04. The van der Waals surface area contributed by atoms with Gasteiger partial charge in [-0.25, -0.2) is 4.57 Å². The highest BCUT2D eigenvalue weighted by Gasteiger charge is 2.27. The third kappa shape index (κ3) is 13.4. The van der Waals surface area contributed by atoms with Crippen molar-refractivity contribution in [3.8, 4) is 5.75 Å². The van der Waals surface area contributed by atoms with E-state index in [1.807, 2.05) is 32.2 Å². The summed E-state index contributed by atoms with van der Waals surface area (Å²) in [5.41, 5.74) is 0. The van der Waals surface area contributed by atoms with E-state index in [2.05, 4.69) is 11.8 Å². The molecule has 1 aromatic carbocycles. The second-order valence-electron chi connectivity index (χ2n) is 4.39. The number of hydrogen-bond acceptors (Lipinski definition) is 6. The quantitative estimate of drug-likeness (QED) is 0.406. The van der Waals surface area contributed by atoms with E-state index in [4.69, 9.17) is 28.3 Å². The maximum atomic E-state index is 12.4. The van der Waals surface area contributed by atoms with Crippen LogP contribution in [0.5, 0.6) is 5.75 Å². The molecule has 0 saturated carbocycles. The zero-order valence-electron chi connectivity index (χ0n) is 13.8. The van der Waals surface area contributed by atoms with Gasteiger partial charge in [0.1, 0.15) is 5.75 Å². The molecule has 1 aromatic rings. The van der Waals surface area contributed by atoms with Crippen LogP contribution in [0.15, 0.2) is 29.2 Å². The minimum absolute atomic E-state index is 0.351. The first-order valence-corrected chi connectivity index (χ1v) is 12.5. The third-order valence-electron chi connectivity index (χ3n) is 2.18. The van der Waals surface area contributed by atoms with Crippen molar-refractivity contribution in [2.24, 2.45) is 0 Å². The number of thioether (sulfide) groups is 1. The van der Waals surface area contributed by atoms with Gasteiger partial charge in [0.25, 0.3) is 0 Å². The molecule has 0 aromatic heterocycles. The smallest absolute Gasteiger partial charge is 0.404 e. The van der Waals surface area contributed by atoms with Crippen LogP contribution in [0.3, 0.4) is 0 Å². The summed E-state index contributed by atoms with van der Waals surface area (Å²) in [6, 6.07) is 7.35. The molecule has 1 rings (SSSR count). The predicted molar refractivity (Wildman–Crippen MR) is 99.9 cm³/mol. The minimum Gasteiger partial charge on any atom is -0.404 e. The van der Waals surface area contributed by atoms with Crippen molar-refractivity contribution in [1.82, 2.24) is 0 Å². The molecule has 0 bridgehead atoms. The van der Waals surface area contributed by atoms with Crippen molar-refractivity contribution in [3.05, 3.63) is 24.3 Å². The number of phosphoric acid groups is 1. The molecule has 0 fully saturated rings. The molecule has 0 unspecified atom stereocenters. The lowest BCUT2D eigenvalue weighted by Gasteiger charge is -2.18. The van der Waals surface area contributed by atoms with Gasteiger partial charge in [-0.2, -0.15) is 0 Å². The molecular formula is C13H24O7P2S2. The van der Waals surface area contributed by atoms with Gasteiger partial charge in [-0.3, -0.25) is 9.05 Å². The van der Waals surface area contributed by atoms with Gasteiger partial charge in [0.05, 0.1) is 13.2 Å². The normalized spacial score (nSPS) is 11.6. The van der Waals surface area contributed by atoms with Crippen LogP contribution in [0, 0.1) is 0 Å². The largest absolute Gasteiger partial charge is 0.530 e. The fraction of sp³-hybridized carbons (Fsp3) is 0.538. The molecule has 0 atom stereocenters.